The molecule has 0 amide bonds. The van der Waals surface area contributed by atoms with Gasteiger partial charge in [0, 0.05) is 5.69 Å². The second-order valence-electron chi connectivity index (χ2n) is 2.21. The molecule has 12 heavy (non-hydrogen) atoms. The van der Waals surface area contributed by atoms with Crippen LogP contribution in [0.4, 0.5) is 5.69 Å². The van der Waals surface area contributed by atoms with Gasteiger partial charge in [-0.2, -0.15) is 0 Å². The highest BCUT2D eigenvalue weighted by Crippen LogP contribution is 2.22. The molecule has 0 fully saturated rings. The Labute approximate surface area is 69.6 Å². The number of methoxy groups -OCH3 is 1. The fourth-order valence-electron chi connectivity index (χ4n) is 0.937. The van der Waals surface area contributed by atoms with Crippen LogP contribution < -0.4 is 15.6 Å². The van der Waals surface area contributed by atoms with Gasteiger partial charge < -0.3 is 20.4 Å². The number of carboxylic acid groups (broad SMARTS) is 1. The number of carbonyl (C=O) groups excluding carboxylic acids is 1. The molecule has 0 aromatic heterocycles. The largest absolute Gasteiger partial charge is 0.545 e. The van der Waals surface area contributed by atoms with Crippen molar-refractivity contribution in [1.29, 1.82) is 0 Å². The van der Waals surface area contributed by atoms with Gasteiger partial charge in [-0.25, -0.2) is 0 Å². The lowest BCUT2D eigenvalue weighted by Crippen LogP contribution is -2.24. The Kier molecular flexibility index (Phi) is 2.19. The number of hydrogen-bond acceptors (Lipinski definition) is 4. The van der Waals surface area contributed by atoms with Gasteiger partial charge in [0.05, 0.1) is 18.6 Å². The van der Waals surface area contributed by atoms with E-state index in [0.29, 0.717) is 0 Å². The minimum absolute atomic E-state index is 0.0972. The van der Waals surface area contributed by atoms with Gasteiger partial charge >= 0.3 is 0 Å². The first kappa shape index (κ1) is 8.39. The molecule has 1 rings (SSSR count). The molecule has 2 N–H and O–H groups in total. The normalized spacial score (nSPS) is 9.42. The Morgan fingerprint density at radius 1 is 1.58 bits per heavy atom. The number of benzene rings is 1. The number of hydrogen-bond donors (Lipinski definition) is 1. The molecule has 0 saturated heterocycles. The van der Waals surface area contributed by atoms with Crippen LogP contribution in [-0.4, -0.2) is 13.1 Å². The number of rotatable bonds is 2. The predicted molar refractivity (Wildman–Crippen MR) is 41.7 cm³/mol. The Morgan fingerprint density at radius 3 is 2.67 bits per heavy atom. The van der Waals surface area contributed by atoms with Gasteiger partial charge in [0.15, 0.2) is 0 Å². The van der Waals surface area contributed by atoms with E-state index >= 15 is 0 Å². The second-order valence-corrected chi connectivity index (χ2v) is 2.21. The molecule has 64 valence electrons. The van der Waals surface area contributed by atoms with E-state index in [4.69, 9.17) is 10.5 Å². The molecule has 0 radical (unpaired) electrons. The maximum atomic E-state index is 10.5. The van der Waals surface area contributed by atoms with Crippen LogP contribution >= 0.6 is 0 Å². The quantitative estimate of drug-likeness (QED) is 0.609. The van der Waals surface area contributed by atoms with Gasteiger partial charge in [-0.15, -0.1) is 0 Å². The summed E-state index contributed by atoms with van der Waals surface area (Å²) in [7, 11) is 1.38. The molecule has 0 aliphatic heterocycles. The minimum atomic E-state index is -1.33. The monoisotopic (exact) mass is 166 g/mol. The summed E-state index contributed by atoms with van der Waals surface area (Å²) in [6, 6.07) is 4.61. The Hall–Kier alpha value is -1.71. The number of nitrogens with two attached hydrogens (primary N) is 1. The second kappa shape index (κ2) is 3.13. The molecule has 4 nitrogen and oxygen atoms in total. The summed E-state index contributed by atoms with van der Waals surface area (Å²) < 4.78 is 4.79. The zero-order chi connectivity index (χ0) is 9.14. The molecule has 0 spiro atoms. The topological polar surface area (TPSA) is 75.4 Å². The highest BCUT2D eigenvalue weighted by Gasteiger charge is 2.06. The van der Waals surface area contributed by atoms with Crippen molar-refractivity contribution in [2.75, 3.05) is 12.8 Å². The fraction of sp³-hybridized carbons (Fsp3) is 0.125. The van der Waals surface area contributed by atoms with Crippen LogP contribution in [0, 0.1) is 0 Å². The molecule has 0 bridgehead atoms. The van der Waals surface area contributed by atoms with Crippen LogP contribution in [0.15, 0.2) is 18.2 Å². The molecule has 0 aliphatic rings. The first-order valence-corrected chi connectivity index (χ1v) is 3.30. The average Bonchev–Trinajstić information content (AvgIpc) is 2.03. The summed E-state index contributed by atoms with van der Waals surface area (Å²) >= 11 is 0. The van der Waals surface area contributed by atoms with Crippen molar-refractivity contribution in [2.24, 2.45) is 0 Å². The van der Waals surface area contributed by atoms with Crippen molar-refractivity contribution in [3.8, 4) is 5.75 Å². The summed E-state index contributed by atoms with van der Waals surface area (Å²) in [4.78, 5) is 10.5. The lowest BCUT2D eigenvalue weighted by Gasteiger charge is -2.10. The SMILES string of the molecule is COc1cccc(N)c1C(=O)[O-]. The molecule has 0 aliphatic carbocycles. The number of ether oxygens (including phenoxy) is 1. The number of nitrogen functional groups attached to an aromatic ring is 1. The Morgan fingerprint density at radius 2 is 2.25 bits per heavy atom. The summed E-state index contributed by atoms with van der Waals surface area (Å²) in [5.74, 6) is -1.11. The molecule has 0 atom stereocenters. The average molecular weight is 166 g/mol. The van der Waals surface area contributed by atoms with E-state index < -0.39 is 5.97 Å². The molecule has 0 heterocycles. The van der Waals surface area contributed by atoms with Gasteiger partial charge in [0.25, 0.3) is 0 Å². The molecule has 0 saturated carbocycles. The highest BCUT2D eigenvalue weighted by molar-refractivity contribution is 5.95. The van der Waals surface area contributed by atoms with Crippen molar-refractivity contribution in [2.45, 2.75) is 0 Å². The van der Waals surface area contributed by atoms with Crippen molar-refractivity contribution in [3.63, 3.8) is 0 Å². The third-order valence-electron chi connectivity index (χ3n) is 1.48. The van der Waals surface area contributed by atoms with Crippen molar-refractivity contribution >= 4 is 11.7 Å². The lowest BCUT2D eigenvalue weighted by molar-refractivity contribution is -0.255. The maximum Gasteiger partial charge on any atom is 0.129 e. The van der Waals surface area contributed by atoms with Crippen molar-refractivity contribution in [1.82, 2.24) is 0 Å². The van der Waals surface area contributed by atoms with Gasteiger partial charge in [0.1, 0.15) is 5.75 Å². The number of carbonyl (C=O) groups is 1. The molecule has 1 aromatic rings. The van der Waals surface area contributed by atoms with Gasteiger partial charge in [-0.3, -0.25) is 0 Å². The standard InChI is InChI=1S/C8H9NO3/c1-12-6-4-2-3-5(9)7(6)8(10)11/h2-4H,9H2,1H3,(H,10,11)/p-1. The zero-order valence-corrected chi connectivity index (χ0v) is 6.53. The van der Waals surface area contributed by atoms with E-state index in [1.807, 2.05) is 0 Å². The highest BCUT2D eigenvalue weighted by atomic mass is 16.5. The van der Waals surface area contributed by atoms with Crippen LogP contribution in [0.5, 0.6) is 5.75 Å². The van der Waals surface area contributed by atoms with Crippen LogP contribution in [0.25, 0.3) is 0 Å². The number of anilines is 1. The summed E-state index contributed by atoms with van der Waals surface area (Å²) in [6.45, 7) is 0. The van der Waals surface area contributed by atoms with Crippen molar-refractivity contribution in [3.05, 3.63) is 23.8 Å². The molecule has 0 unspecified atom stereocenters. The van der Waals surface area contributed by atoms with E-state index in [1.54, 1.807) is 6.07 Å². The first-order chi connectivity index (χ1) is 5.66. The summed E-state index contributed by atoms with van der Waals surface area (Å²) in [6.07, 6.45) is 0. The smallest absolute Gasteiger partial charge is 0.129 e. The number of carboxylic acids is 1. The van der Waals surface area contributed by atoms with E-state index in [9.17, 15) is 9.90 Å². The van der Waals surface area contributed by atoms with Crippen molar-refractivity contribution < 1.29 is 14.6 Å². The molecular formula is C8H8NO3-. The van der Waals surface area contributed by atoms with E-state index in [-0.39, 0.29) is 17.0 Å². The molecular weight excluding hydrogens is 158 g/mol. The molecule has 1 aromatic carbocycles. The van der Waals surface area contributed by atoms with Gasteiger partial charge in [-0.05, 0) is 12.1 Å². The first-order valence-electron chi connectivity index (χ1n) is 3.30. The van der Waals surface area contributed by atoms with Crippen LogP contribution in [0.2, 0.25) is 0 Å². The van der Waals surface area contributed by atoms with Crippen LogP contribution in [0.3, 0.4) is 0 Å². The third kappa shape index (κ3) is 1.32. The summed E-state index contributed by atoms with van der Waals surface area (Å²) in [5, 5.41) is 10.5. The molecule has 4 heteroatoms. The zero-order valence-electron chi connectivity index (χ0n) is 6.53. The van der Waals surface area contributed by atoms with Gasteiger partial charge in [0.2, 0.25) is 0 Å². The van der Waals surface area contributed by atoms with E-state index in [0.717, 1.165) is 0 Å². The van der Waals surface area contributed by atoms with Crippen LogP contribution in [-0.2, 0) is 0 Å². The lowest BCUT2D eigenvalue weighted by atomic mass is 10.1. The Bertz CT molecular complexity index is 309. The number of aromatic carboxylic acids is 1. The minimum Gasteiger partial charge on any atom is -0.545 e. The fourth-order valence-corrected chi connectivity index (χ4v) is 0.937. The van der Waals surface area contributed by atoms with E-state index in [1.165, 1.54) is 19.2 Å². The summed E-state index contributed by atoms with van der Waals surface area (Å²) in [5.41, 5.74) is 5.45. The van der Waals surface area contributed by atoms with Crippen LogP contribution in [0.1, 0.15) is 10.4 Å². The predicted octanol–water partition coefficient (Wildman–Crippen LogP) is -0.359. The maximum absolute atomic E-state index is 10.5. The third-order valence-corrected chi connectivity index (χ3v) is 1.48. The Balaban J connectivity index is 3.29. The van der Waals surface area contributed by atoms with E-state index in [2.05, 4.69) is 0 Å². The van der Waals surface area contributed by atoms with Gasteiger partial charge in [-0.1, -0.05) is 6.07 Å².